The fourth-order valence-corrected chi connectivity index (χ4v) is 4.19. The zero-order valence-corrected chi connectivity index (χ0v) is 15.8. The Bertz CT molecular complexity index is 947. The van der Waals surface area contributed by atoms with E-state index in [2.05, 4.69) is 24.1 Å². The maximum Gasteiger partial charge on any atom is 0.224 e. The number of allylic oxidation sites excluding steroid dienone is 1. The topological polar surface area (TPSA) is 62.3 Å². The van der Waals surface area contributed by atoms with Gasteiger partial charge in [0.15, 0.2) is 5.78 Å². The summed E-state index contributed by atoms with van der Waals surface area (Å²) in [6.45, 7) is 5.76. The molecule has 1 N–H and O–H groups in total. The number of carbonyl (C=O) groups excluding carboxylic acids is 2. The molecule has 1 aromatic heterocycles. The van der Waals surface area contributed by atoms with Gasteiger partial charge in [-0.15, -0.1) is 0 Å². The Balaban J connectivity index is 2.01. The lowest BCUT2D eigenvalue weighted by Gasteiger charge is -2.36. The van der Waals surface area contributed by atoms with Gasteiger partial charge in [0.2, 0.25) is 5.91 Å². The van der Waals surface area contributed by atoms with Crippen molar-refractivity contribution >= 4 is 23.1 Å². The molecular formula is C22H23N3O2. The van der Waals surface area contributed by atoms with Gasteiger partial charge in [0.05, 0.1) is 17.4 Å². The number of benzene rings is 1. The highest BCUT2D eigenvalue weighted by molar-refractivity contribution is 6.05. The van der Waals surface area contributed by atoms with Crippen LogP contribution in [0.3, 0.4) is 0 Å². The van der Waals surface area contributed by atoms with E-state index in [-0.39, 0.29) is 17.1 Å². The number of Topliss-reactive ketones (excluding diaryl/α,β-unsaturated/α-hetero) is 1. The molecule has 2 heterocycles. The molecule has 1 aliphatic heterocycles. The summed E-state index contributed by atoms with van der Waals surface area (Å²) in [4.78, 5) is 32.0. The van der Waals surface area contributed by atoms with Crippen LogP contribution in [0.25, 0.3) is 0 Å². The molecule has 0 spiro atoms. The number of hydrogen-bond acceptors (Lipinski definition) is 4. The first kappa shape index (κ1) is 17.5. The molecule has 5 nitrogen and oxygen atoms in total. The zero-order chi connectivity index (χ0) is 19.2. The van der Waals surface area contributed by atoms with Crippen LogP contribution >= 0.6 is 0 Å². The normalized spacial score (nSPS) is 21.1. The van der Waals surface area contributed by atoms with Gasteiger partial charge in [0.1, 0.15) is 0 Å². The van der Waals surface area contributed by atoms with E-state index in [1.807, 2.05) is 36.4 Å². The molecule has 27 heavy (non-hydrogen) atoms. The van der Waals surface area contributed by atoms with E-state index in [0.717, 1.165) is 29.1 Å². The quantitative estimate of drug-likeness (QED) is 0.825. The number of pyridine rings is 1. The standard InChI is InChI=1S/C22H23N3O2/c1-14(26)25-18-9-5-4-8-16(18)24-17-11-22(2,3)12-19(27)20(17)21(25)15-7-6-10-23-13-15/h4-10,13,21,24H,11-12H2,1-3H3/t21-/m0/s1. The van der Waals surface area contributed by atoms with Crippen LogP contribution < -0.4 is 10.2 Å². The largest absolute Gasteiger partial charge is 0.357 e. The molecular weight excluding hydrogens is 338 g/mol. The third-order valence-corrected chi connectivity index (χ3v) is 5.24. The van der Waals surface area contributed by atoms with Crippen LogP contribution in [0.1, 0.15) is 45.2 Å². The summed E-state index contributed by atoms with van der Waals surface area (Å²) in [5.74, 6) is -0.0221. The van der Waals surface area contributed by atoms with Gasteiger partial charge in [0, 0.05) is 37.0 Å². The van der Waals surface area contributed by atoms with Crippen LogP contribution in [0.4, 0.5) is 11.4 Å². The van der Waals surface area contributed by atoms with E-state index in [1.165, 1.54) is 0 Å². The number of anilines is 2. The summed E-state index contributed by atoms with van der Waals surface area (Å²) in [6.07, 6.45) is 4.66. The Morgan fingerprint density at radius 3 is 2.67 bits per heavy atom. The van der Waals surface area contributed by atoms with Crippen molar-refractivity contribution in [1.82, 2.24) is 4.98 Å². The molecule has 0 saturated carbocycles. The summed E-state index contributed by atoms with van der Waals surface area (Å²) in [6, 6.07) is 11.0. The fourth-order valence-electron chi connectivity index (χ4n) is 4.19. The van der Waals surface area contributed by atoms with Crippen LogP contribution in [0.5, 0.6) is 0 Å². The lowest BCUT2D eigenvalue weighted by atomic mass is 9.73. The molecule has 0 fully saturated rings. The highest BCUT2D eigenvalue weighted by Crippen LogP contribution is 2.48. The Hall–Kier alpha value is -2.95. The molecule has 0 unspecified atom stereocenters. The van der Waals surface area contributed by atoms with E-state index in [9.17, 15) is 9.59 Å². The predicted octanol–water partition coefficient (Wildman–Crippen LogP) is 4.24. The van der Waals surface area contributed by atoms with Gasteiger partial charge in [-0.3, -0.25) is 19.5 Å². The van der Waals surface area contributed by atoms with Crippen molar-refractivity contribution in [3.63, 3.8) is 0 Å². The van der Waals surface area contributed by atoms with E-state index in [1.54, 1.807) is 24.2 Å². The third-order valence-electron chi connectivity index (χ3n) is 5.24. The summed E-state index contributed by atoms with van der Waals surface area (Å²) in [5.41, 5.74) is 3.92. The lowest BCUT2D eigenvalue weighted by Crippen LogP contribution is -2.38. The van der Waals surface area contributed by atoms with E-state index in [0.29, 0.717) is 12.0 Å². The summed E-state index contributed by atoms with van der Waals surface area (Å²) >= 11 is 0. The molecule has 1 aromatic carbocycles. The molecule has 138 valence electrons. The smallest absolute Gasteiger partial charge is 0.224 e. The highest BCUT2D eigenvalue weighted by atomic mass is 16.2. The average molecular weight is 361 g/mol. The van der Waals surface area contributed by atoms with Crippen LogP contribution in [-0.2, 0) is 9.59 Å². The molecule has 1 aliphatic carbocycles. The number of nitrogens with zero attached hydrogens (tertiary/aromatic N) is 2. The second kappa shape index (κ2) is 6.34. The predicted molar refractivity (Wildman–Crippen MR) is 105 cm³/mol. The van der Waals surface area contributed by atoms with Crippen molar-refractivity contribution in [2.45, 2.75) is 39.7 Å². The SMILES string of the molecule is CC(=O)N1c2ccccc2NC2=C(C(=O)CC(C)(C)C2)[C@@H]1c1cccnc1. The van der Waals surface area contributed by atoms with Gasteiger partial charge < -0.3 is 5.32 Å². The molecule has 1 atom stereocenters. The molecule has 2 aliphatic rings. The molecule has 0 radical (unpaired) electrons. The fraction of sp³-hybridized carbons (Fsp3) is 0.318. The minimum Gasteiger partial charge on any atom is -0.357 e. The molecule has 1 amide bonds. The number of carbonyl (C=O) groups is 2. The van der Waals surface area contributed by atoms with Crippen LogP contribution in [-0.4, -0.2) is 16.7 Å². The molecule has 2 aromatic rings. The maximum absolute atomic E-state index is 13.2. The number of fused-ring (bicyclic) bond motifs is 1. The van der Waals surface area contributed by atoms with Crippen molar-refractivity contribution in [2.75, 3.05) is 10.2 Å². The van der Waals surface area contributed by atoms with Gasteiger partial charge in [-0.1, -0.05) is 32.0 Å². The third kappa shape index (κ3) is 3.03. The Labute approximate surface area is 159 Å². The van der Waals surface area contributed by atoms with Gasteiger partial charge >= 0.3 is 0 Å². The van der Waals surface area contributed by atoms with Crippen LogP contribution in [0.2, 0.25) is 0 Å². The second-order valence-corrected chi connectivity index (χ2v) is 8.05. The van der Waals surface area contributed by atoms with Gasteiger partial charge in [0.25, 0.3) is 0 Å². The maximum atomic E-state index is 13.2. The van der Waals surface area contributed by atoms with E-state index in [4.69, 9.17) is 0 Å². The van der Waals surface area contributed by atoms with Crippen molar-refractivity contribution in [3.8, 4) is 0 Å². The first-order valence-electron chi connectivity index (χ1n) is 9.19. The molecule has 0 saturated heterocycles. The summed E-state index contributed by atoms with van der Waals surface area (Å²) in [5, 5.41) is 3.48. The molecule has 4 rings (SSSR count). The van der Waals surface area contributed by atoms with Crippen LogP contribution in [0.15, 0.2) is 60.1 Å². The molecule has 5 heteroatoms. The average Bonchev–Trinajstić information content (AvgIpc) is 2.75. The Morgan fingerprint density at radius 1 is 1.19 bits per heavy atom. The number of amides is 1. The first-order valence-corrected chi connectivity index (χ1v) is 9.19. The molecule has 0 bridgehead atoms. The number of aromatic nitrogens is 1. The van der Waals surface area contributed by atoms with Crippen molar-refractivity contribution in [3.05, 3.63) is 65.6 Å². The Morgan fingerprint density at radius 2 is 1.96 bits per heavy atom. The van der Waals surface area contributed by atoms with Crippen LogP contribution in [0, 0.1) is 5.41 Å². The zero-order valence-electron chi connectivity index (χ0n) is 15.8. The van der Waals surface area contributed by atoms with Crippen molar-refractivity contribution in [2.24, 2.45) is 5.41 Å². The lowest BCUT2D eigenvalue weighted by molar-refractivity contribution is -0.118. The summed E-state index contributed by atoms with van der Waals surface area (Å²) < 4.78 is 0. The Kier molecular flexibility index (Phi) is 4.10. The van der Waals surface area contributed by atoms with Gasteiger partial charge in [-0.2, -0.15) is 0 Å². The summed E-state index contributed by atoms with van der Waals surface area (Å²) in [7, 11) is 0. The number of nitrogens with one attached hydrogen (secondary N) is 1. The minimum absolute atomic E-state index is 0.0849. The van der Waals surface area contributed by atoms with E-state index < -0.39 is 6.04 Å². The highest BCUT2D eigenvalue weighted by Gasteiger charge is 2.42. The number of para-hydroxylation sites is 2. The first-order chi connectivity index (χ1) is 12.9. The monoisotopic (exact) mass is 361 g/mol. The van der Waals surface area contributed by atoms with Gasteiger partial charge in [-0.05, 0) is 35.6 Å². The minimum atomic E-state index is -0.481. The van der Waals surface area contributed by atoms with Crippen molar-refractivity contribution < 1.29 is 9.59 Å². The van der Waals surface area contributed by atoms with Gasteiger partial charge in [-0.25, -0.2) is 0 Å². The van der Waals surface area contributed by atoms with E-state index >= 15 is 0 Å². The number of hydrogen-bond donors (Lipinski definition) is 1. The number of rotatable bonds is 1. The second-order valence-electron chi connectivity index (χ2n) is 8.05. The van der Waals surface area contributed by atoms with Crippen molar-refractivity contribution in [1.29, 1.82) is 0 Å². The number of ketones is 1.